The van der Waals surface area contributed by atoms with Crippen LogP contribution in [0, 0.1) is 10.1 Å². The Labute approximate surface area is 114 Å². The first-order chi connectivity index (χ1) is 8.47. The van der Waals surface area contributed by atoms with E-state index in [1.807, 2.05) is 0 Å². The van der Waals surface area contributed by atoms with Crippen molar-refractivity contribution in [2.45, 2.75) is 24.7 Å². The fourth-order valence-corrected chi connectivity index (χ4v) is 2.51. The van der Waals surface area contributed by atoms with Crippen LogP contribution in [0.1, 0.15) is 18.4 Å². The number of hydrogen-bond acceptors (Lipinski definition) is 4. The molecule has 1 N–H and O–H groups in total. The van der Waals surface area contributed by atoms with Crippen molar-refractivity contribution < 1.29 is 18.4 Å². The third-order valence-electron chi connectivity index (χ3n) is 2.38. The van der Waals surface area contributed by atoms with Crippen molar-refractivity contribution in [2.75, 3.05) is 0 Å². The molecule has 0 spiro atoms. The molecule has 1 saturated carbocycles. The van der Waals surface area contributed by atoms with Crippen molar-refractivity contribution in [3.8, 4) is 5.75 Å². The van der Waals surface area contributed by atoms with Crippen LogP contribution in [0.4, 0.5) is 5.69 Å². The quantitative estimate of drug-likeness (QED) is 0.507. The van der Waals surface area contributed by atoms with Crippen LogP contribution in [-0.2, 0) is 16.8 Å². The summed E-state index contributed by atoms with van der Waals surface area (Å²) in [7, 11) is 0. The molecular weight excluding hydrogens is 326 g/mol. The van der Waals surface area contributed by atoms with E-state index in [0.717, 1.165) is 12.8 Å². The second-order valence-electron chi connectivity index (χ2n) is 3.97. The molecule has 0 aromatic heterocycles. The Kier molecular flexibility index (Phi) is 3.98. The summed E-state index contributed by atoms with van der Waals surface area (Å²) < 4.78 is 25.5. The predicted molar refractivity (Wildman–Crippen MR) is 68.9 cm³/mol. The molecule has 1 aliphatic rings. The Bertz CT molecular complexity index is 517. The average molecular weight is 336 g/mol. The summed E-state index contributed by atoms with van der Waals surface area (Å²) in [4.78, 5) is 10.4. The maximum atomic E-state index is 11.0. The lowest BCUT2D eigenvalue weighted by molar-refractivity contribution is -0.386. The van der Waals surface area contributed by atoms with E-state index < -0.39 is 16.0 Å². The normalized spacial score (nSPS) is 16.3. The van der Waals surface area contributed by atoms with E-state index in [4.69, 9.17) is 9.29 Å². The second kappa shape index (κ2) is 5.33. The highest BCUT2D eigenvalue weighted by Gasteiger charge is 2.29. The number of ether oxygens (including phenoxy) is 1. The Morgan fingerprint density at radius 2 is 2.22 bits per heavy atom. The van der Waals surface area contributed by atoms with Crippen LogP contribution in [0.2, 0.25) is 0 Å². The van der Waals surface area contributed by atoms with Crippen molar-refractivity contribution in [1.82, 2.24) is 0 Å². The number of nitrogens with zero attached hydrogens (tertiary/aromatic N) is 1. The van der Waals surface area contributed by atoms with Crippen molar-refractivity contribution in [1.29, 1.82) is 0 Å². The van der Waals surface area contributed by atoms with Gasteiger partial charge in [0.1, 0.15) is 0 Å². The Morgan fingerprint density at radius 3 is 2.72 bits per heavy atom. The average Bonchev–Trinajstić information content (AvgIpc) is 3.04. The van der Waals surface area contributed by atoms with Crippen LogP contribution in [-0.4, -0.2) is 19.8 Å². The lowest BCUT2D eigenvalue weighted by Crippen LogP contribution is -2.03. The van der Waals surface area contributed by atoms with Crippen LogP contribution in [0.5, 0.6) is 5.75 Å². The molecule has 1 fully saturated rings. The molecule has 0 bridgehead atoms. The van der Waals surface area contributed by atoms with Gasteiger partial charge in [-0.05, 0) is 40.4 Å². The highest BCUT2D eigenvalue weighted by atomic mass is 79.9. The van der Waals surface area contributed by atoms with E-state index in [1.54, 1.807) is 6.07 Å². The van der Waals surface area contributed by atoms with Crippen LogP contribution in [0.15, 0.2) is 16.6 Å². The molecule has 18 heavy (non-hydrogen) atoms. The molecule has 1 aromatic carbocycles. The summed E-state index contributed by atoms with van der Waals surface area (Å²) in [5.74, 6) is 0.0401. The molecular formula is C10H10BrNO5S. The van der Waals surface area contributed by atoms with Gasteiger partial charge in [-0.25, -0.2) is 4.21 Å². The number of benzene rings is 1. The molecule has 0 heterocycles. The van der Waals surface area contributed by atoms with Gasteiger partial charge in [-0.3, -0.25) is 10.1 Å². The van der Waals surface area contributed by atoms with E-state index in [0.29, 0.717) is 10.0 Å². The van der Waals surface area contributed by atoms with Gasteiger partial charge in [0.2, 0.25) is 5.75 Å². The van der Waals surface area contributed by atoms with Gasteiger partial charge in [0.05, 0.1) is 21.3 Å². The summed E-state index contributed by atoms with van der Waals surface area (Å²) in [6, 6.07) is 2.84. The van der Waals surface area contributed by atoms with E-state index in [9.17, 15) is 14.3 Å². The van der Waals surface area contributed by atoms with Gasteiger partial charge in [-0.1, -0.05) is 0 Å². The fraction of sp³-hybridized carbons (Fsp3) is 0.400. The number of nitro groups is 1. The Balaban J connectivity index is 2.38. The maximum absolute atomic E-state index is 11.0. The molecule has 1 unspecified atom stereocenters. The molecule has 0 radical (unpaired) electrons. The van der Waals surface area contributed by atoms with E-state index in [2.05, 4.69) is 15.9 Å². The molecule has 1 aliphatic carbocycles. The zero-order chi connectivity index (χ0) is 13.3. The third-order valence-corrected chi connectivity index (χ3v) is 3.55. The monoisotopic (exact) mass is 335 g/mol. The highest BCUT2D eigenvalue weighted by Crippen LogP contribution is 2.40. The van der Waals surface area contributed by atoms with E-state index >= 15 is 0 Å². The molecule has 0 saturated heterocycles. The first-order valence-corrected chi connectivity index (χ1v) is 7.25. The third kappa shape index (κ3) is 3.27. The van der Waals surface area contributed by atoms with Crippen molar-refractivity contribution in [2.24, 2.45) is 0 Å². The van der Waals surface area contributed by atoms with E-state index in [-0.39, 0.29) is 23.3 Å². The lowest BCUT2D eigenvalue weighted by atomic mass is 10.2. The summed E-state index contributed by atoms with van der Waals surface area (Å²) in [5.41, 5.74) is 0.231. The van der Waals surface area contributed by atoms with Gasteiger partial charge in [0.25, 0.3) is 0 Å². The first-order valence-electron chi connectivity index (χ1n) is 5.18. The summed E-state index contributed by atoms with van der Waals surface area (Å²) in [5, 5.41) is 11.0. The minimum atomic E-state index is -2.04. The summed E-state index contributed by atoms with van der Waals surface area (Å²) in [6.45, 7) is 0. The molecule has 0 amide bonds. The minimum absolute atomic E-state index is 0.0397. The zero-order valence-corrected chi connectivity index (χ0v) is 11.6. The van der Waals surface area contributed by atoms with Crippen LogP contribution < -0.4 is 4.74 Å². The maximum Gasteiger partial charge on any atom is 0.312 e. The van der Waals surface area contributed by atoms with Gasteiger partial charge in [0, 0.05) is 6.07 Å². The summed E-state index contributed by atoms with van der Waals surface area (Å²) in [6.07, 6.45) is 1.83. The summed E-state index contributed by atoms with van der Waals surface area (Å²) >= 11 is 1.17. The molecule has 6 nitrogen and oxygen atoms in total. The SMILES string of the molecule is O=[N+]([O-])c1cc(CS(=O)O)cc(Br)c1OC1CC1. The predicted octanol–water partition coefficient (Wildman–Crippen LogP) is 2.62. The molecule has 1 atom stereocenters. The molecule has 2 rings (SSSR count). The molecule has 8 heteroatoms. The smallest absolute Gasteiger partial charge is 0.312 e. The van der Waals surface area contributed by atoms with Gasteiger partial charge in [0.15, 0.2) is 11.1 Å². The van der Waals surface area contributed by atoms with E-state index in [1.165, 1.54) is 6.07 Å². The molecule has 0 aliphatic heterocycles. The topological polar surface area (TPSA) is 89.7 Å². The molecule has 98 valence electrons. The standard InChI is InChI=1S/C10H10BrNO5S/c11-8-3-6(5-18(15)16)4-9(12(13)14)10(8)17-7-1-2-7/h3-4,7H,1-2,5H2,(H,15,16). The van der Waals surface area contributed by atoms with Crippen LogP contribution >= 0.6 is 15.9 Å². The zero-order valence-electron chi connectivity index (χ0n) is 9.17. The van der Waals surface area contributed by atoms with Gasteiger partial charge in [-0.2, -0.15) is 0 Å². The second-order valence-corrected chi connectivity index (χ2v) is 5.75. The van der Waals surface area contributed by atoms with Gasteiger partial charge < -0.3 is 9.29 Å². The highest BCUT2D eigenvalue weighted by molar-refractivity contribution is 9.10. The largest absolute Gasteiger partial charge is 0.483 e. The fourth-order valence-electron chi connectivity index (χ4n) is 1.46. The Morgan fingerprint density at radius 1 is 1.56 bits per heavy atom. The first kappa shape index (κ1) is 13.4. The molecule has 1 aromatic rings. The number of nitro benzene ring substituents is 1. The van der Waals surface area contributed by atoms with Crippen molar-refractivity contribution in [3.63, 3.8) is 0 Å². The van der Waals surface area contributed by atoms with Crippen LogP contribution in [0.25, 0.3) is 0 Å². The Hall–Kier alpha value is -0.990. The van der Waals surface area contributed by atoms with Gasteiger partial charge >= 0.3 is 5.69 Å². The van der Waals surface area contributed by atoms with Crippen LogP contribution in [0.3, 0.4) is 0 Å². The van der Waals surface area contributed by atoms with Crippen molar-refractivity contribution in [3.05, 3.63) is 32.3 Å². The van der Waals surface area contributed by atoms with Gasteiger partial charge in [-0.15, -0.1) is 0 Å². The minimum Gasteiger partial charge on any atom is -0.483 e. The lowest BCUT2D eigenvalue weighted by Gasteiger charge is -2.09. The number of halogens is 1. The van der Waals surface area contributed by atoms with Crippen molar-refractivity contribution >= 4 is 32.7 Å². The number of rotatable bonds is 5. The number of hydrogen-bond donors (Lipinski definition) is 1.